The summed E-state index contributed by atoms with van der Waals surface area (Å²) >= 11 is 0. The van der Waals surface area contributed by atoms with E-state index >= 15 is 0 Å². The van der Waals surface area contributed by atoms with E-state index in [1.54, 1.807) is 0 Å². The van der Waals surface area contributed by atoms with Crippen molar-refractivity contribution >= 4 is 28.7 Å². The number of aliphatic hydroxyl groups is 1. The van der Waals surface area contributed by atoms with Crippen molar-refractivity contribution in [2.24, 2.45) is 7.05 Å². The molecule has 0 amide bonds. The fraction of sp³-hybridized carbons (Fsp3) is 0.167. The van der Waals surface area contributed by atoms with E-state index < -0.39 is 0 Å². The number of benzene rings is 2. The standard InChI is InChI=1S/C30H28N2O/c1-31-26(18-14-22-8-3-5-12-28(22)31)20-16-24-10-7-11-25(30(24)33)17-21-27-19-15-23-9-4-6-13-29(23)32(27)2/h3-6,8-9,12-21H,7,10-11H2,1-2H3/p+1/b24-16+,26-20+. The Labute approximate surface area is 195 Å². The highest BCUT2D eigenvalue weighted by Crippen LogP contribution is 2.31. The van der Waals surface area contributed by atoms with E-state index in [1.807, 2.05) is 0 Å². The van der Waals surface area contributed by atoms with E-state index in [4.69, 9.17) is 0 Å². The molecule has 5 rings (SSSR count). The molecule has 1 aliphatic carbocycles. The van der Waals surface area contributed by atoms with Crippen LogP contribution in [0, 0.1) is 0 Å². The zero-order valence-corrected chi connectivity index (χ0v) is 19.2. The van der Waals surface area contributed by atoms with Crippen LogP contribution < -0.4 is 9.47 Å². The maximum Gasteiger partial charge on any atom is 0.212 e. The van der Waals surface area contributed by atoms with E-state index in [9.17, 15) is 5.11 Å². The molecule has 3 nitrogen and oxygen atoms in total. The SMILES string of the molecule is CN1/C(=C/C=C2\CCCC(/C=C/c3ccc4ccccc4[n+]3C)=C2O)C=Cc2ccccc21. The maximum atomic E-state index is 11.0. The lowest BCUT2D eigenvalue weighted by molar-refractivity contribution is -0.646. The lowest BCUT2D eigenvalue weighted by Gasteiger charge is -2.26. The molecular formula is C30H29N2O+. The van der Waals surface area contributed by atoms with Gasteiger partial charge < -0.3 is 10.0 Å². The summed E-state index contributed by atoms with van der Waals surface area (Å²) in [6, 6.07) is 21.0. The van der Waals surface area contributed by atoms with Gasteiger partial charge in [-0.15, -0.1) is 0 Å². The van der Waals surface area contributed by atoms with Crippen molar-refractivity contribution in [3.63, 3.8) is 0 Å². The third-order valence-electron chi connectivity index (χ3n) is 6.65. The second-order valence-electron chi connectivity index (χ2n) is 8.67. The number of fused-ring (bicyclic) bond motifs is 2. The lowest BCUT2D eigenvalue weighted by atomic mass is 9.92. The topological polar surface area (TPSA) is 27.4 Å². The normalized spacial score (nSPS) is 18.7. The Morgan fingerprint density at radius 1 is 0.879 bits per heavy atom. The van der Waals surface area contributed by atoms with Gasteiger partial charge in [-0.3, -0.25) is 0 Å². The summed E-state index contributed by atoms with van der Waals surface area (Å²) < 4.78 is 2.19. The molecule has 0 saturated heterocycles. The number of allylic oxidation sites excluding steroid dienone is 6. The van der Waals surface area contributed by atoms with Crippen LogP contribution in [0.5, 0.6) is 0 Å². The van der Waals surface area contributed by atoms with Crippen LogP contribution in [0.15, 0.2) is 108 Å². The van der Waals surface area contributed by atoms with Crippen LogP contribution in [0.2, 0.25) is 0 Å². The van der Waals surface area contributed by atoms with Gasteiger partial charge in [0.1, 0.15) is 12.8 Å². The summed E-state index contributed by atoms with van der Waals surface area (Å²) in [5, 5.41) is 12.2. The largest absolute Gasteiger partial charge is 0.507 e. The molecule has 0 fully saturated rings. The van der Waals surface area contributed by atoms with Crippen molar-refractivity contribution in [1.29, 1.82) is 0 Å². The molecule has 3 aromatic rings. The van der Waals surface area contributed by atoms with E-state index in [1.165, 1.54) is 22.2 Å². The highest BCUT2D eigenvalue weighted by Gasteiger charge is 2.17. The first-order valence-corrected chi connectivity index (χ1v) is 11.5. The van der Waals surface area contributed by atoms with Crippen LogP contribution in [0.25, 0.3) is 23.1 Å². The zero-order valence-electron chi connectivity index (χ0n) is 19.2. The molecule has 1 aromatic heterocycles. The molecule has 3 heteroatoms. The number of likely N-dealkylation sites (N-methyl/N-ethyl adjacent to an activating group) is 1. The molecule has 0 radical (unpaired) electrons. The van der Waals surface area contributed by atoms with Crippen LogP contribution >= 0.6 is 0 Å². The van der Waals surface area contributed by atoms with Gasteiger partial charge in [0.25, 0.3) is 0 Å². The molecule has 0 atom stereocenters. The number of anilines is 1. The summed E-state index contributed by atoms with van der Waals surface area (Å²) in [5.74, 6) is 0.417. The van der Waals surface area contributed by atoms with Crippen molar-refractivity contribution in [2.75, 3.05) is 11.9 Å². The summed E-state index contributed by atoms with van der Waals surface area (Å²) in [4.78, 5) is 2.19. The fourth-order valence-electron chi connectivity index (χ4n) is 4.66. The molecule has 0 unspecified atom stereocenters. The number of para-hydroxylation sites is 2. The van der Waals surface area contributed by atoms with Gasteiger partial charge in [-0.1, -0.05) is 42.5 Å². The number of aliphatic hydroxyl groups excluding tert-OH is 1. The number of pyridine rings is 1. The van der Waals surface area contributed by atoms with Crippen LogP contribution in [0.1, 0.15) is 30.5 Å². The zero-order chi connectivity index (χ0) is 22.8. The van der Waals surface area contributed by atoms with Gasteiger partial charge in [-0.2, -0.15) is 4.57 Å². The van der Waals surface area contributed by atoms with Gasteiger partial charge in [-0.25, -0.2) is 0 Å². The Morgan fingerprint density at radius 3 is 2.61 bits per heavy atom. The highest BCUT2D eigenvalue weighted by atomic mass is 16.3. The minimum Gasteiger partial charge on any atom is -0.507 e. The molecule has 2 aliphatic rings. The molecule has 33 heavy (non-hydrogen) atoms. The Hall–Kier alpha value is -3.85. The minimum absolute atomic E-state index is 0.417. The number of nitrogens with zero attached hydrogens (tertiary/aromatic N) is 2. The van der Waals surface area contributed by atoms with Gasteiger partial charge in [0.15, 0.2) is 0 Å². The predicted octanol–water partition coefficient (Wildman–Crippen LogP) is 6.65. The summed E-state index contributed by atoms with van der Waals surface area (Å²) in [5.41, 5.74) is 7.83. The quantitative estimate of drug-likeness (QED) is 0.468. The van der Waals surface area contributed by atoms with Crippen LogP contribution in [0.3, 0.4) is 0 Å². The number of aryl methyl sites for hydroxylation is 1. The second-order valence-corrected chi connectivity index (χ2v) is 8.67. The number of hydrogen-bond acceptors (Lipinski definition) is 2. The van der Waals surface area contributed by atoms with Crippen LogP contribution in [0.4, 0.5) is 5.69 Å². The molecule has 164 valence electrons. The molecule has 0 bridgehead atoms. The van der Waals surface area contributed by atoms with Crippen molar-refractivity contribution in [2.45, 2.75) is 19.3 Å². The third kappa shape index (κ3) is 4.14. The molecule has 1 N–H and O–H groups in total. The number of aromatic nitrogens is 1. The molecular weight excluding hydrogens is 404 g/mol. The Bertz CT molecular complexity index is 1370. The molecule has 0 saturated carbocycles. The number of hydrogen-bond donors (Lipinski definition) is 1. The van der Waals surface area contributed by atoms with Gasteiger partial charge in [0.2, 0.25) is 11.2 Å². The molecule has 2 aromatic carbocycles. The van der Waals surface area contributed by atoms with Crippen LogP contribution in [-0.2, 0) is 7.05 Å². The average molecular weight is 434 g/mol. The predicted molar refractivity (Wildman–Crippen MR) is 138 cm³/mol. The first kappa shape index (κ1) is 21.0. The first-order valence-electron chi connectivity index (χ1n) is 11.5. The lowest BCUT2D eigenvalue weighted by Crippen LogP contribution is -2.32. The molecule has 2 heterocycles. The molecule has 1 aliphatic heterocycles. The Balaban J connectivity index is 1.41. The van der Waals surface area contributed by atoms with Crippen molar-refractivity contribution in [3.05, 3.63) is 119 Å². The highest BCUT2D eigenvalue weighted by molar-refractivity contribution is 5.77. The summed E-state index contributed by atoms with van der Waals surface area (Å²) in [6.45, 7) is 0. The average Bonchev–Trinajstić information content (AvgIpc) is 2.85. The molecule has 0 spiro atoms. The Kier molecular flexibility index (Phi) is 5.70. The summed E-state index contributed by atoms with van der Waals surface area (Å²) in [7, 11) is 4.17. The van der Waals surface area contributed by atoms with Crippen molar-refractivity contribution in [1.82, 2.24) is 0 Å². The van der Waals surface area contributed by atoms with Gasteiger partial charge >= 0.3 is 0 Å². The van der Waals surface area contributed by atoms with Gasteiger partial charge in [0, 0.05) is 42.0 Å². The number of rotatable bonds is 3. The van der Waals surface area contributed by atoms with E-state index in [0.29, 0.717) is 5.76 Å². The first-order chi connectivity index (χ1) is 16.1. The smallest absolute Gasteiger partial charge is 0.212 e. The van der Waals surface area contributed by atoms with Crippen molar-refractivity contribution < 1.29 is 9.67 Å². The van der Waals surface area contributed by atoms with E-state index in [0.717, 1.165) is 41.8 Å². The van der Waals surface area contributed by atoms with E-state index in [-0.39, 0.29) is 0 Å². The Morgan fingerprint density at radius 2 is 1.70 bits per heavy atom. The van der Waals surface area contributed by atoms with Crippen LogP contribution in [-0.4, -0.2) is 12.2 Å². The summed E-state index contributed by atoms with van der Waals surface area (Å²) in [6.07, 6.45) is 15.4. The maximum absolute atomic E-state index is 11.0. The van der Waals surface area contributed by atoms with Gasteiger partial charge in [0.05, 0.1) is 0 Å². The monoisotopic (exact) mass is 433 g/mol. The van der Waals surface area contributed by atoms with Gasteiger partial charge in [-0.05, 0) is 72.4 Å². The van der Waals surface area contributed by atoms with E-state index in [2.05, 4.69) is 121 Å². The second kappa shape index (κ2) is 8.95. The van der Waals surface area contributed by atoms with Crippen molar-refractivity contribution in [3.8, 4) is 0 Å². The third-order valence-corrected chi connectivity index (χ3v) is 6.65. The fourth-order valence-corrected chi connectivity index (χ4v) is 4.66. The minimum atomic E-state index is 0.417.